The van der Waals surface area contributed by atoms with Gasteiger partial charge >= 0.3 is 0 Å². The fourth-order valence-electron chi connectivity index (χ4n) is 3.68. The van der Waals surface area contributed by atoms with Gasteiger partial charge in [-0.05, 0) is 43.0 Å². The van der Waals surface area contributed by atoms with Crippen molar-refractivity contribution >= 4 is 35.2 Å². The van der Waals surface area contributed by atoms with Gasteiger partial charge in [0.2, 0.25) is 12.3 Å². The minimum atomic E-state index is -2.57. The third-order valence-corrected chi connectivity index (χ3v) is 9.20. The van der Waals surface area contributed by atoms with Crippen molar-refractivity contribution in [2.45, 2.75) is 6.92 Å². The van der Waals surface area contributed by atoms with E-state index in [-0.39, 0.29) is 0 Å². The summed E-state index contributed by atoms with van der Waals surface area (Å²) in [4.78, 5) is 4.90. The number of para-hydroxylation sites is 1. The zero-order valence-corrected chi connectivity index (χ0v) is 17.8. The molecule has 1 saturated heterocycles. The first-order valence-electron chi connectivity index (χ1n) is 9.59. The van der Waals surface area contributed by atoms with E-state index in [1.807, 2.05) is 72.3 Å². The van der Waals surface area contributed by atoms with E-state index >= 15 is 0 Å². The summed E-state index contributed by atoms with van der Waals surface area (Å²) in [6, 6.07) is 20.0. The number of aliphatic imine (C=N–C) groups is 1. The lowest BCUT2D eigenvalue weighted by molar-refractivity contribution is 0.0723. The lowest BCUT2D eigenvalue weighted by Gasteiger charge is -2.38. The zero-order chi connectivity index (χ0) is 19.8. The number of hydrogen-bond donors (Lipinski definition) is 0. The predicted molar refractivity (Wildman–Crippen MR) is 118 cm³/mol. The van der Waals surface area contributed by atoms with E-state index in [2.05, 4.69) is 4.67 Å². The summed E-state index contributed by atoms with van der Waals surface area (Å²) < 4.78 is 16.3. The van der Waals surface area contributed by atoms with Crippen LogP contribution in [0.3, 0.4) is 0 Å². The highest BCUT2D eigenvalue weighted by Gasteiger charge is 2.42. The molecule has 0 radical (unpaired) electrons. The van der Waals surface area contributed by atoms with Gasteiger partial charge in [0, 0.05) is 18.7 Å². The van der Waals surface area contributed by atoms with Crippen LogP contribution in [0.4, 0.5) is 5.82 Å². The normalized spacial score (nSPS) is 21.9. The molecule has 3 aromatic rings. The molecule has 1 unspecified atom stereocenters. The maximum absolute atomic E-state index is 6.55. The van der Waals surface area contributed by atoms with Crippen molar-refractivity contribution in [2.75, 3.05) is 26.3 Å². The molecule has 29 heavy (non-hydrogen) atoms. The number of morpholine rings is 1. The van der Waals surface area contributed by atoms with Gasteiger partial charge in [-0.3, -0.25) is 0 Å². The topological polar surface area (TPSA) is 51.9 Å². The Balaban J connectivity index is 1.73. The number of nitrogens with zero attached hydrogens (tertiary/aromatic N) is 4. The SMILES string of the molecule is Cc1nn(-c2ccccc2)c2c1P(=S)(N1CCOCC1)OC(c1ccccc1)=N2. The maximum atomic E-state index is 6.55. The van der Waals surface area contributed by atoms with Crippen molar-refractivity contribution in [1.29, 1.82) is 0 Å². The number of aromatic nitrogens is 2. The lowest BCUT2D eigenvalue weighted by atomic mass is 10.2. The van der Waals surface area contributed by atoms with Gasteiger partial charge in [-0.25, -0.2) is 9.35 Å². The molecule has 8 heteroatoms. The van der Waals surface area contributed by atoms with Gasteiger partial charge < -0.3 is 9.26 Å². The van der Waals surface area contributed by atoms with Gasteiger partial charge in [0.15, 0.2) is 5.82 Å². The Bertz CT molecular complexity index is 1110. The monoisotopic (exact) mass is 424 g/mol. The number of rotatable bonds is 3. The molecule has 148 valence electrons. The summed E-state index contributed by atoms with van der Waals surface area (Å²) in [5, 5.41) is 5.76. The first-order chi connectivity index (χ1) is 14.2. The Morgan fingerprint density at radius 1 is 0.966 bits per heavy atom. The molecule has 2 aliphatic rings. The molecule has 0 bridgehead atoms. The van der Waals surface area contributed by atoms with Crippen molar-refractivity contribution in [2.24, 2.45) is 4.99 Å². The number of hydrogen-bond acceptors (Lipinski definition) is 5. The maximum Gasteiger partial charge on any atom is 0.227 e. The van der Waals surface area contributed by atoms with Crippen molar-refractivity contribution < 1.29 is 9.26 Å². The highest BCUT2D eigenvalue weighted by Crippen LogP contribution is 2.56. The van der Waals surface area contributed by atoms with Crippen LogP contribution in [-0.2, 0) is 21.1 Å². The second-order valence-electron chi connectivity index (χ2n) is 6.97. The summed E-state index contributed by atoms with van der Waals surface area (Å²) in [6.45, 7) is 4.79. The van der Waals surface area contributed by atoms with Crippen LogP contribution in [0.5, 0.6) is 0 Å². The smallest absolute Gasteiger partial charge is 0.227 e. The molecule has 0 saturated carbocycles. The van der Waals surface area contributed by atoms with Crippen LogP contribution in [0, 0.1) is 6.92 Å². The average molecular weight is 424 g/mol. The van der Waals surface area contributed by atoms with Crippen LogP contribution < -0.4 is 5.30 Å². The summed E-state index contributed by atoms with van der Waals surface area (Å²) >= 11 is 6.28. The van der Waals surface area contributed by atoms with Gasteiger partial charge in [-0.2, -0.15) is 10.1 Å². The Kier molecular flexibility index (Phi) is 4.84. The highest BCUT2D eigenvalue weighted by atomic mass is 32.4. The van der Waals surface area contributed by atoms with Gasteiger partial charge in [0.25, 0.3) is 0 Å². The fourth-order valence-corrected chi connectivity index (χ4v) is 7.44. The van der Waals surface area contributed by atoms with Gasteiger partial charge in [-0.15, -0.1) is 0 Å². The average Bonchev–Trinajstić information content (AvgIpc) is 3.13. The number of benzene rings is 2. The minimum Gasteiger partial charge on any atom is -0.431 e. The predicted octanol–water partition coefficient (Wildman–Crippen LogP) is 3.56. The summed E-state index contributed by atoms with van der Waals surface area (Å²) in [5.41, 5.74) is 2.74. The zero-order valence-electron chi connectivity index (χ0n) is 16.1. The molecule has 0 spiro atoms. The van der Waals surface area contributed by atoms with Crippen LogP contribution in [0.1, 0.15) is 11.3 Å². The molecule has 2 aromatic carbocycles. The third kappa shape index (κ3) is 3.24. The summed E-state index contributed by atoms with van der Waals surface area (Å²) in [6.07, 6.45) is -2.57. The van der Waals surface area contributed by atoms with Crippen molar-refractivity contribution in [3.8, 4) is 5.69 Å². The van der Waals surface area contributed by atoms with Gasteiger partial charge in [-0.1, -0.05) is 36.4 Å². The molecule has 5 rings (SSSR count). The van der Waals surface area contributed by atoms with E-state index < -0.39 is 6.42 Å². The van der Waals surface area contributed by atoms with E-state index in [4.69, 9.17) is 31.2 Å². The standard InChI is InChI=1S/C21H21N4O2PS/c1-16-19-20(25(23-16)18-10-6-3-7-11-18)22-21(17-8-4-2-5-9-17)27-28(19,29)24-12-14-26-15-13-24/h2-11H,12-15H2,1H3. The Labute approximate surface area is 174 Å². The van der Waals surface area contributed by atoms with Gasteiger partial charge in [0.1, 0.15) is 5.30 Å². The molecule has 0 N–H and O–H groups in total. The van der Waals surface area contributed by atoms with Crippen LogP contribution in [0.2, 0.25) is 0 Å². The largest absolute Gasteiger partial charge is 0.431 e. The molecule has 1 aromatic heterocycles. The Morgan fingerprint density at radius 2 is 1.62 bits per heavy atom. The first-order valence-corrected chi connectivity index (χ1v) is 12.3. The van der Waals surface area contributed by atoms with Crippen molar-refractivity contribution in [3.63, 3.8) is 0 Å². The van der Waals surface area contributed by atoms with Crippen molar-refractivity contribution in [1.82, 2.24) is 14.5 Å². The summed E-state index contributed by atoms with van der Waals surface area (Å²) in [7, 11) is 0. The highest BCUT2D eigenvalue weighted by molar-refractivity contribution is 8.15. The molecular formula is C21H21N4O2PS. The molecule has 6 nitrogen and oxygen atoms in total. The van der Waals surface area contributed by atoms with Crippen molar-refractivity contribution in [3.05, 3.63) is 71.9 Å². The van der Waals surface area contributed by atoms with Crippen LogP contribution >= 0.6 is 6.42 Å². The molecule has 2 aliphatic heterocycles. The summed E-state index contributed by atoms with van der Waals surface area (Å²) in [5.74, 6) is 1.33. The van der Waals surface area contributed by atoms with E-state index in [1.54, 1.807) is 0 Å². The Morgan fingerprint density at radius 3 is 2.31 bits per heavy atom. The number of fused-ring (bicyclic) bond motifs is 1. The van der Waals surface area contributed by atoms with E-state index in [0.717, 1.165) is 41.2 Å². The van der Waals surface area contributed by atoms with Gasteiger partial charge in [0.05, 0.1) is 24.6 Å². The second-order valence-corrected chi connectivity index (χ2v) is 10.7. The molecule has 3 heterocycles. The second kappa shape index (κ2) is 7.50. The van der Waals surface area contributed by atoms with Crippen LogP contribution in [0.25, 0.3) is 5.69 Å². The molecule has 0 amide bonds. The van der Waals surface area contributed by atoms with Crippen LogP contribution in [0.15, 0.2) is 65.7 Å². The number of ether oxygens (including phenoxy) is 1. The number of aryl methyl sites for hydroxylation is 1. The van der Waals surface area contributed by atoms with Crippen LogP contribution in [-0.4, -0.2) is 46.7 Å². The Hall–Kier alpha value is -2.31. The first kappa shape index (κ1) is 18.7. The molecular weight excluding hydrogens is 403 g/mol. The third-order valence-electron chi connectivity index (χ3n) is 5.09. The fraction of sp³-hybridized carbons (Fsp3) is 0.238. The molecule has 0 aliphatic carbocycles. The molecule has 1 fully saturated rings. The van der Waals surface area contributed by atoms with E-state index in [9.17, 15) is 0 Å². The van der Waals surface area contributed by atoms with E-state index in [1.165, 1.54) is 0 Å². The molecule has 1 atom stereocenters. The minimum absolute atomic E-state index is 0.560. The quantitative estimate of drug-likeness (QED) is 0.602. The van der Waals surface area contributed by atoms with E-state index in [0.29, 0.717) is 19.1 Å². The lowest BCUT2D eigenvalue weighted by Crippen LogP contribution is -2.39.